The van der Waals surface area contributed by atoms with Gasteiger partial charge in [0.15, 0.2) is 0 Å². The highest BCUT2D eigenvalue weighted by molar-refractivity contribution is 7.86. The second-order valence-electron chi connectivity index (χ2n) is 18.3. The molecule has 0 aliphatic rings. The number of hydrogen-bond acceptors (Lipinski definition) is 12. The van der Waals surface area contributed by atoms with Crippen molar-refractivity contribution < 1.29 is 41.1 Å². The van der Waals surface area contributed by atoms with Crippen molar-refractivity contribution in [3.63, 3.8) is 0 Å². The van der Waals surface area contributed by atoms with Gasteiger partial charge in [0.25, 0.3) is 10.1 Å². The molecule has 68 heavy (non-hydrogen) atoms. The van der Waals surface area contributed by atoms with Gasteiger partial charge in [0.2, 0.25) is 0 Å². The van der Waals surface area contributed by atoms with E-state index in [9.17, 15) is 18.0 Å². The van der Waals surface area contributed by atoms with Gasteiger partial charge in [0, 0.05) is 41.5 Å². The van der Waals surface area contributed by atoms with E-state index in [-0.39, 0.29) is 18.1 Å². The first-order chi connectivity index (χ1) is 32.3. The fourth-order valence-corrected chi connectivity index (χ4v) is 8.90. The smallest absolute Gasteiger partial charge is 0.414 e. The van der Waals surface area contributed by atoms with E-state index in [4.69, 9.17) is 33.1 Å². The summed E-state index contributed by atoms with van der Waals surface area (Å²) in [6.45, 7) is 13.9. The van der Waals surface area contributed by atoms with Gasteiger partial charge >= 0.3 is 12.2 Å². The molecule has 5 aromatic carbocycles. The number of nitrogens with zero attached hydrogens (tertiary/aromatic N) is 4. The molecule has 0 radical (unpaired) electrons. The van der Waals surface area contributed by atoms with Crippen LogP contribution in [0.5, 0.6) is 11.5 Å². The number of benzene rings is 5. The number of carbonyl (C=O) groups is 2. The Morgan fingerprint density at radius 3 is 1.93 bits per heavy atom. The number of pyridine rings is 1. The van der Waals surface area contributed by atoms with Gasteiger partial charge in [-0.1, -0.05) is 35.9 Å². The monoisotopic (exact) mass is 958 g/mol. The fraction of sp³-hybridized carbons (Fsp3) is 0.321. The minimum atomic E-state index is -3.88. The van der Waals surface area contributed by atoms with Crippen LogP contribution in [-0.2, 0) is 23.8 Å². The summed E-state index contributed by atoms with van der Waals surface area (Å²) in [6, 6.07) is 37.2. The molecule has 0 fully saturated rings. The zero-order valence-corrected chi connectivity index (χ0v) is 41.4. The Bertz CT molecular complexity index is 2960. The standard InChI is InChI=1S/C53H58N4O9S2/c1-36-12-25-44(26-13-36)68(60,61)64-33-32-63-42-23-28-46-39(34-42)18-27-45(54-46)37-14-21-41(22-15-37)57(51(59)66-53(5,6)7)30-10-9-11-31-62-43-24-29-47-48(35-43)67-49(55-47)38-16-19-40(20-17-38)56(8)50(58)65-52(2,3)4/h12-29,34-35H,9-11,30-33H2,1-8H3. The molecule has 2 heterocycles. The van der Waals surface area contributed by atoms with Crippen molar-refractivity contribution in [1.29, 1.82) is 0 Å². The highest BCUT2D eigenvalue weighted by atomic mass is 32.2. The zero-order chi connectivity index (χ0) is 48.6. The second-order valence-corrected chi connectivity index (χ2v) is 21.0. The van der Waals surface area contributed by atoms with E-state index in [0.717, 1.165) is 84.9 Å². The first kappa shape index (κ1) is 49.4. The predicted octanol–water partition coefficient (Wildman–Crippen LogP) is 12.6. The van der Waals surface area contributed by atoms with Crippen LogP contribution in [0.25, 0.3) is 42.9 Å². The molecule has 0 aliphatic carbocycles. The molecule has 0 saturated heterocycles. The first-order valence-electron chi connectivity index (χ1n) is 22.5. The summed E-state index contributed by atoms with van der Waals surface area (Å²) >= 11 is 1.58. The zero-order valence-electron chi connectivity index (χ0n) is 39.8. The van der Waals surface area contributed by atoms with Crippen molar-refractivity contribution in [3.05, 3.63) is 127 Å². The lowest BCUT2D eigenvalue weighted by Crippen LogP contribution is -2.37. The number of ether oxygens (including phenoxy) is 4. The maximum atomic E-state index is 13.5. The minimum absolute atomic E-state index is 0.0511. The molecule has 7 aromatic rings. The summed E-state index contributed by atoms with van der Waals surface area (Å²) in [6.07, 6.45) is 1.55. The van der Waals surface area contributed by atoms with Crippen LogP contribution in [0.15, 0.2) is 126 Å². The molecular weight excluding hydrogens is 901 g/mol. The lowest BCUT2D eigenvalue weighted by Gasteiger charge is -2.27. The number of thiazole rings is 1. The van der Waals surface area contributed by atoms with E-state index >= 15 is 0 Å². The number of fused-ring (bicyclic) bond motifs is 2. The minimum Gasteiger partial charge on any atom is -0.494 e. The summed E-state index contributed by atoms with van der Waals surface area (Å²) in [5, 5.41) is 1.73. The van der Waals surface area contributed by atoms with E-state index in [1.165, 1.54) is 17.0 Å². The number of hydrogen-bond donors (Lipinski definition) is 0. The average molecular weight is 959 g/mol. The summed E-state index contributed by atoms with van der Waals surface area (Å²) in [5.41, 5.74) is 5.42. The topological polar surface area (TPSA) is 147 Å². The van der Waals surface area contributed by atoms with Gasteiger partial charge in [-0.15, -0.1) is 11.3 Å². The molecule has 13 nitrogen and oxygen atoms in total. The molecule has 2 amide bonds. The van der Waals surface area contributed by atoms with Crippen LogP contribution in [0.4, 0.5) is 21.0 Å². The Kier molecular flexibility index (Phi) is 15.4. The lowest BCUT2D eigenvalue weighted by molar-refractivity contribution is 0.0572. The lowest BCUT2D eigenvalue weighted by atomic mass is 10.1. The molecule has 0 N–H and O–H groups in total. The third-order valence-electron chi connectivity index (χ3n) is 10.5. The van der Waals surface area contributed by atoms with Gasteiger partial charge < -0.3 is 18.9 Å². The van der Waals surface area contributed by atoms with Crippen molar-refractivity contribution in [1.82, 2.24) is 9.97 Å². The predicted molar refractivity (Wildman–Crippen MR) is 270 cm³/mol. The average Bonchev–Trinajstić information content (AvgIpc) is 3.72. The van der Waals surface area contributed by atoms with Crippen molar-refractivity contribution in [2.75, 3.05) is 43.2 Å². The molecule has 15 heteroatoms. The number of amides is 2. The summed E-state index contributed by atoms with van der Waals surface area (Å²) in [7, 11) is -2.18. The molecule has 7 rings (SSSR count). The molecule has 0 aliphatic heterocycles. The Labute approximate surface area is 402 Å². The quantitative estimate of drug-likeness (QED) is 0.0634. The summed E-state index contributed by atoms with van der Waals surface area (Å²) in [5.74, 6) is 1.34. The van der Waals surface area contributed by atoms with Crippen molar-refractivity contribution in [2.45, 2.75) is 83.8 Å². The van der Waals surface area contributed by atoms with E-state index in [0.29, 0.717) is 18.9 Å². The van der Waals surface area contributed by atoms with Crippen LogP contribution in [0.2, 0.25) is 0 Å². The highest BCUT2D eigenvalue weighted by Gasteiger charge is 2.24. The Morgan fingerprint density at radius 1 is 0.618 bits per heavy atom. The maximum absolute atomic E-state index is 13.5. The SMILES string of the molecule is Cc1ccc(S(=O)(=O)OCCOc2ccc3nc(-c4ccc(N(CCCCCOc5ccc6nc(-c7ccc(N(C)C(=O)OC(C)(C)C)cc7)sc6c5)C(=O)OC(C)(C)C)cc4)ccc3c2)cc1. The van der Waals surface area contributed by atoms with E-state index in [2.05, 4.69) is 0 Å². The Balaban J connectivity index is 0.900. The number of carbonyl (C=O) groups excluding carboxylic acids is 2. The third kappa shape index (κ3) is 13.3. The highest BCUT2D eigenvalue weighted by Crippen LogP contribution is 2.34. The van der Waals surface area contributed by atoms with Crippen LogP contribution in [-0.4, -0.2) is 75.2 Å². The van der Waals surface area contributed by atoms with E-state index < -0.39 is 33.5 Å². The molecule has 0 bridgehead atoms. The number of anilines is 2. The van der Waals surface area contributed by atoms with Gasteiger partial charge in [0.05, 0.1) is 32.9 Å². The van der Waals surface area contributed by atoms with Crippen LogP contribution in [0, 0.1) is 6.92 Å². The molecule has 356 valence electrons. The Morgan fingerprint density at radius 2 is 1.24 bits per heavy atom. The molecule has 0 saturated carbocycles. The number of unbranched alkanes of at least 4 members (excludes halogenated alkanes) is 2. The largest absolute Gasteiger partial charge is 0.494 e. The third-order valence-corrected chi connectivity index (χ3v) is 12.9. The van der Waals surface area contributed by atoms with Gasteiger partial charge in [-0.05, 0) is 159 Å². The van der Waals surface area contributed by atoms with Crippen molar-refractivity contribution >= 4 is 66.1 Å². The van der Waals surface area contributed by atoms with E-state index in [1.807, 2.05) is 139 Å². The Hall–Kier alpha value is -6.55. The number of aryl methyl sites for hydroxylation is 1. The van der Waals surface area contributed by atoms with Gasteiger partial charge in [0.1, 0.15) is 40.9 Å². The first-order valence-corrected chi connectivity index (χ1v) is 24.7. The van der Waals surface area contributed by atoms with Crippen molar-refractivity contribution in [2.24, 2.45) is 0 Å². The maximum Gasteiger partial charge on any atom is 0.414 e. The van der Waals surface area contributed by atoms with Crippen molar-refractivity contribution in [3.8, 4) is 33.3 Å². The molecular formula is C53H58N4O9S2. The van der Waals surface area contributed by atoms with Gasteiger partial charge in [-0.3, -0.25) is 14.0 Å². The number of aromatic nitrogens is 2. The summed E-state index contributed by atoms with van der Waals surface area (Å²) in [4.78, 5) is 39.0. The molecule has 0 atom stereocenters. The van der Waals surface area contributed by atoms with Gasteiger partial charge in [-0.25, -0.2) is 19.6 Å². The van der Waals surface area contributed by atoms with Crippen LogP contribution in [0.1, 0.15) is 66.4 Å². The fourth-order valence-electron chi connectivity index (χ4n) is 7.01. The normalized spacial score (nSPS) is 11.9. The molecule has 0 unspecified atom stereocenters. The van der Waals surface area contributed by atoms with Crippen LogP contribution in [0.3, 0.4) is 0 Å². The van der Waals surface area contributed by atoms with Gasteiger partial charge in [-0.2, -0.15) is 8.42 Å². The van der Waals surface area contributed by atoms with Crippen LogP contribution < -0.4 is 19.3 Å². The van der Waals surface area contributed by atoms with E-state index in [1.54, 1.807) is 41.5 Å². The second kappa shape index (κ2) is 21.2. The molecule has 0 spiro atoms. The molecule has 2 aromatic heterocycles. The summed E-state index contributed by atoms with van der Waals surface area (Å²) < 4.78 is 54.4. The number of rotatable bonds is 17. The van der Waals surface area contributed by atoms with Crippen LogP contribution >= 0.6 is 11.3 Å².